The summed E-state index contributed by atoms with van der Waals surface area (Å²) in [7, 11) is 1.71. The predicted octanol–water partition coefficient (Wildman–Crippen LogP) is 0.676. The summed E-state index contributed by atoms with van der Waals surface area (Å²) in [6, 6.07) is 7.57. The molecule has 1 aromatic rings. The van der Waals surface area contributed by atoms with E-state index in [1.54, 1.807) is 7.11 Å². The van der Waals surface area contributed by atoms with Crippen molar-refractivity contribution in [2.45, 2.75) is 18.6 Å². The Morgan fingerprint density at radius 3 is 3.00 bits per heavy atom. The molecule has 6 nitrogen and oxygen atoms in total. The monoisotopic (exact) mass is 279 g/mol. The van der Waals surface area contributed by atoms with Crippen molar-refractivity contribution in [2.24, 2.45) is 10.9 Å². The fourth-order valence-corrected chi connectivity index (χ4v) is 2.36. The molecule has 1 unspecified atom stereocenters. The van der Waals surface area contributed by atoms with Gasteiger partial charge in [-0.15, -0.1) is 0 Å². The van der Waals surface area contributed by atoms with Crippen molar-refractivity contribution in [3.8, 4) is 0 Å². The van der Waals surface area contributed by atoms with Crippen molar-refractivity contribution in [2.75, 3.05) is 26.9 Å². The van der Waals surface area contributed by atoms with E-state index < -0.39 is 0 Å². The third-order valence-corrected chi connectivity index (χ3v) is 3.66. The number of nitrogens with two attached hydrogens (primary N) is 1. The third kappa shape index (κ3) is 3.27. The van der Waals surface area contributed by atoms with Crippen LogP contribution in [0.25, 0.3) is 0 Å². The molecular formula is C14H21N3O3. The Labute approximate surface area is 118 Å². The van der Waals surface area contributed by atoms with Gasteiger partial charge in [-0.05, 0) is 5.56 Å². The third-order valence-electron chi connectivity index (χ3n) is 3.66. The Kier molecular flexibility index (Phi) is 4.94. The lowest BCUT2D eigenvalue weighted by atomic mass is 10.0. The molecule has 1 heterocycles. The Bertz CT molecular complexity index is 470. The molecule has 110 valence electrons. The zero-order chi connectivity index (χ0) is 14.4. The van der Waals surface area contributed by atoms with Gasteiger partial charge in [-0.25, -0.2) is 0 Å². The first-order valence-corrected chi connectivity index (χ1v) is 6.60. The van der Waals surface area contributed by atoms with Crippen LogP contribution in [0.3, 0.4) is 0 Å². The molecule has 1 aromatic carbocycles. The van der Waals surface area contributed by atoms with E-state index in [1.165, 1.54) is 0 Å². The maximum atomic E-state index is 8.80. The first-order chi connectivity index (χ1) is 9.71. The molecule has 20 heavy (non-hydrogen) atoms. The number of amidine groups is 1. The van der Waals surface area contributed by atoms with Crippen molar-refractivity contribution in [1.82, 2.24) is 5.32 Å². The summed E-state index contributed by atoms with van der Waals surface area (Å²) in [5, 5.41) is 15.2. The highest BCUT2D eigenvalue weighted by atomic mass is 16.5. The zero-order valence-corrected chi connectivity index (χ0v) is 11.6. The number of rotatable bonds is 6. The minimum atomic E-state index is -0.244. The van der Waals surface area contributed by atoms with Crippen molar-refractivity contribution in [3.63, 3.8) is 0 Å². The number of methoxy groups -OCH3 is 1. The molecule has 0 saturated carbocycles. The van der Waals surface area contributed by atoms with Crippen LogP contribution in [0.1, 0.15) is 17.5 Å². The lowest BCUT2D eigenvalue weighted by Crippen LogP contribution is -2.42. The van der Waals surface area contributed by atoms with Crippen LogP contribution in [0.4, 0.5) is 0 Å². The molecule has 0 amide bonds. The molecule has 6 heteroatoms. The quantitative estimate of drug-likeness (QED) is 0.308. The summed E-state index contributed by atoms with van der Waals surface area (Å²) < 4.78 is 11.0. The van der Waals surface area contributed by atoms with Crippen molar-refractivity contribution in [1.29, 1.82) is 0 Å². The van der Waals surface area contributed by atoms with Gasteiger partial charge in [0.1, 0.15) is 5.60 Å². The van der Waals surface area contributed by atoms with Gasteiger partial charge in [0.15, 0.2) is 5.84 Å². The summed E-state index contributed by atoms with van der Waals surface area (Å²) in [5.74, 6) is 0.119. The van der Waals surface area contributed by atoms with Gasteiger partial charge in [0.05, 0.1) is 6.61 Å². The molecule has 2 rings (SSSR count). The van der Waals surface area contributed by atoms with E-state index in [4.69, 9.17) is 20.4 Å². The second-order valence-corrected chi connectivity index (χ2v) is 4.94. The molecular weight excluding hydrogens is 258 g/mol. The summed E-state index contributed by atoms with van der Waals surface area (Å²) in [4.78, 5) is 0. The minimum Gasteiger partial charge on any atom is -0.409 e. The van der Waals surface area contributed by atoms with Crippen molar-refractivity contribution in [3.05, 3.63) is 35.4 Å². The SMILES string of the molecule is COC1(CNCc2ccccc2/C(N)=N/O)CCOC1. The number of ether oxygens (including phenoxy) is 2. The second-order valence-electron chi connectivity index (χ2n) is 4.94. The Morgan fingerprint density at radius 1 is 1.55 bits per heavy atom. The number of oxime groups is 1. The second kappa shape index (κ2) is 6.69. The van der Waals surface area contributed by atoms with Crippen LogP contribution in [0.2, 0.25) is 0 Å². The van der Waals surface area contributed by atoms with Crippen molar-refractivity contribution < 1.29 is 14.7 Å². The fourth-order valence-electron chi connectivity index (χ4n) is 2.36. The van der Waals surface area contributed by atoms with Crippen LogP contribution in [0.5, 0.6) is 0 Å². The van der Waals surface area contributed by atoms with Crippen LogP contribution >= 0.6 is 0 Å². The molecule has 0 radical (unpaired) electrons. The molecule has 1 fully saturated rings. The van der Waals surface area contributed by atoms with Gasteiger partial charge in [-0.3, -0.25) is 0 Å². The van der Waals surface area contributed by atoms with E-state index >= 15 is 0 Å². The van der Waals surface area contributed by atoms with E-state index in [9.17, 15) is 0 Å². The summed E-state index contributed by atoms with van der Waals surface area (Å²) in [6.45, 7) is 2.67. The topological polar surface area (TPSA) is 89.1 Å². The molecule has 4 N–H and O–H groups in total. The highest BCUT2D eigenvalue weighted by Crippen LogP contribution is 2.21. The Hall–Kier alpha value is -1.63. The van der Waals surface area contributed by atoms with E-state index in [-0.39, 0.29) is 11.4 Å². The summed E-state index contributed by atoms with van der Waals surface area (Å²) in [5.41, 5.74) is 7.14. The highest BCUT2D eigenvalue weighted by Gasteiger charge is 2.34. The minimum absolute atomic E-state index is 0.119. The number of hydrogen-bond donors (Lipinski definition) is 3. The molecule has 0 aromatic heterocycles. The van der Waals surface area contributed by atoms with Gasteiger partial charge < -0.3 is 25.7 Å². The first-order valence-electron chi connectivity index (χ1n) is 6.60. The van der Waals surface area contributed by atoms with Crippen LogP contribution in [-0.4, -0.2) is 43.5 Å². The zero-order valence-electron chi connectivity index (χ0n) is 11.6. The number of nitrogens with one attached hydrogen (secondary N) is 1. The standard InChI is InChI=1S/C14H21N3O3/c1-19-14(6-7-20-10-14)9-16-8-11-4-2-3-5-12(11)13(15)17-18/h2-5,16,18H,6-10H2,1H3,(H2,15,17). The lowest BCUT2D eigenvalue weighted by molar-refractivity contribution is -0.0159. The smallest absolute Gasteiger partial charge is 0.170 e. The number of benzene rings is 1. The molecule has 0 spiro atoms. The van der Waals surface area contributed by atoms with Crippen molar-refractivity contribution >= 4 is 5.84 Å². The molecule has 0 bridgehead atoms. The summed E-state index contributed by atoms with van der Waals surface area (Å²) in [6.07, 6.45) is 0.887. The highest BCUT2D eigenvalue weighted by molar-refractivity contribution is 5.98. The molecule has 1 aliphatic heterocycles. The van der Waals surface area contributed by atoms with E-state index in [2.05, 4.69) is 10.5 Å². The van der Waals surface area contributed by atoms with Crippen LogP contribution in [0.15, 0.2) is 29.4 Å². The van der Waals surface area contributed by atoms with Crippen LogP contribution in [-0.2, 0) is 16.0 Å². The maximum Gasteiger partial charge on any atom is 0.170 e. The lowest BCUT2D eigenvalue weighted by Gasteiger charge is -2.26. The van der Waals surface area contributed by atoms with Gasteiger partial charge in [0.25, 0.3) is 0 Å². The van der Waals surface area contributed by atoms with E-state index in [0.29, 0.717) is 19.7 Å². The average molecular weight is 279 g/mol. The van der Waals surface area contributed by atoms with Gasteiger partial charge in [-0.2, -0.15) is 0 Å². The maximum absolute atomic E-state index is 8.80. The molecule has 0 aliphatic carbocycles. The average Bonchev–Trinajstić information content (AvgIpc) is 2.96. The van der Waals surface area contributed by atoms with E-state index in [1.807, 2.05) is 24.3 Å². The predicted molar refractivity (Wildman–Crippen MR) is 75.8 cm³/mol. The van der Waals surface area contributed by atoms with Gasteiger partial charge in [0, 0.05) is 38.8 Å². The Balaban J connectivity index is 1.97. The molecule has 1 aliphatic rings. The molecule has 1 atom stereocenters. The number of hydrogen-bond acceptors (Lipinski definition) is 5. The normalized spacial score (nSPS) is 23.1. The Morgan fingerprint density at radius 2 is 2.35 bits per heavy atom. The van der Waals surface area contributed by atoms with E-state index in [0.717, 1.165) is 24.2 Å². The van der Waals surface area contributed by atoms with Gasteiger partial charge in [-0.1, -0.05) is 29.4 Å². The largest absolute Gasteiger partial charge is 0.409 e. The summed E-state index contributed by atoms with van der Waals surface area (Å²) >= 11 is 0. The fraction of sp³-hybridized carbons (Fsp3) is 0.500. The molecule has 1 saturated heterocycles. The first kappa shape index (κ1) is 14.8. The number of nitrogens with zero attached hydrogens (tertiary/aromatic N) is 1. The van der Waals surface area contributed by atoms with Crippen LogP contribution in [0, 0.1) is 0 Å². The van der Waals surface area contributed by atoms with Gasteiger partial charge in [0.2, 0.25) is 0 Å². The van der Waals surface area contributed by atoms with Gasteiger partial charge >= 0.3 is 0 Å². The van der Waals surface area contributed by atoms with Crippen LogP contribution < -0.4 is 11.1 Å².